The van der Waals surface area contributed by atoms with Crippen LogP contribution < -0.4 is 5.32 Å². The van der Waals surface area contributed by atoms with Crippen molar-refractivity contribution in [1.29, 1.82) is 0 Å². The molecule has 1 fully saturated rings. The Balaban J connectivity index is 1.77. The number of amides is 2. The molecular formula is C18H23BrN2O4. The minimum atomic E-state index is -0.828. The molecule has 0 saturated carbocycles. The van der Waals surface area contributed by atoms with Gasteiger partial charge in [0.25, 0.3) is 11.8 Å². The maximum atomic E-state index is 12.1. The van der Waals surface area contributed by atoms with Gasteiger partial charge in [0.1, 0.15) is 6.04 Å². The Morgan fingerprint density at radius 2 is 1.84 bits per heavy atom. The lowest BCUT2D eigenvalue weighted by Crippen LogP contribution is -2.43. The molecule has 7 heteroatoms. The summed E-state index contributed by atoms with van der Waals surface area (Å²) in [5.74, 6) is -0.551. The highest BCUT2D eigenvalue weighted by atomic mass is 79.9. The Labute approximate surface area is 156 Å². The summed E-state index contributed by atoms with van der Waals surface area (Å²) < 4.78 is 5.91. The molecule has 0 bridgehead atoms. The van der Waals surface area contributed by atoms with Crippen LogP contribution in [0, 0.1) is 5.92 Å². The molecule has 1 N–H and O–H groups in total. The normalized spacial score (nSPS) is 16.2. The van der Waals surface area contributed by atoms with E-state index in [4.69, 9.17) is 4.74 Å². The van der Waals surface area contributed by atoms with Gasteiger partial charge in [-0.1, -0.05) is 22.9 Å². The molecule has 2 amide bonds. The topological polar surface area (TPSA) is 75.7 Å². The summed E-state index contributed by atoms with van der Waals surface area (Å²) >= 11 is 3.30. The lowest BCUT2D eigenvalue weighted by molar-refractivity contribution is -0.153. The number of halogens is 1. The van der Waals surface area contributed by atoms with Crippen molar-refractivity contribution >= 4 is 33.7 Å². The minimum absolute atomic E-state index is 0.188. The third-order valence-electron chi connectivity index (χ3n) is 4.28. The molecule has 1 atom stereocenters. The highest BCUT2D eigenvalue weighted by Crippen LogP contribution is 2.16. The van der Waals surface area contributed by atoms with Crippen LogP contribution in [-0.2, 0) is 14.3 Å². The third-order valence-corrected chi connectivity index (χ3v) is 4.81. The summed E-state index contributed by atoms with van der Waals surface area (Å²) in [5, 5.41) is 2.57. The summed E-state index contributed by atoms with van der Waals surface area (Å²) in [6.07, 6.45) is 1.94. The number of likely N-dealkylation sites (tertiary alicyclic amines) is 1. The quantitative estimate of drug-likeness (QED) is 0.755. The van der Waals surface area contributed by atoms with E-state index in [2.05, 4.69) is 28.2 Å². The molecule has 1 heterocycles. The molecule has 2 rings (SSSR count). The van der Waals surface area contributed by atoms with E-state index in [-0.39, 0.29) is 18.4 Å². The van der Waals surface area contributed by atoms with Gasteiger partial charge < -0.3 is 15.0 Å². The fourth-order valence-corrected chi connectivity index (χ4v) is 2.81. The number of benzene rings is 1. The van der Waals surface area contributed by atoms with Gasteiger partial charge in [0, 0.05) is 23.1 Å². The number of nitrogens with one attached hydrogen (secondary N) is 1. The second kappa shape index (κ2) is 8.99. The minimum Gasteiger partial charge on any atom is -0.454 e. The molecule has 1 aliphatic heterocycles. The number of carbonyl (C=O) groups is 3. The Morgan fingerprint density at radius 1 is 1.24 bits per heavy atom. The van der Waals surface area contributed by atoms with Crippen LogP contribution in [0.1, 0.15) is 37.0 Å². The van der Waals surface area contributed by atoms with Crippen molar-refractivity contribution in [2.45, 2.75) is 32.7 Å². The van der Waals surface area contributed by atoms with E-state index in [1.165, 1.54) is 6.92 Å². The van der Waals surface area contributed by atoms with E-state index in [0.717, 1.165) is 17.3 Å². The Hall–Kier alpha value is -1.89. The lowest BCUT2D eigenvalue weighted by Gasteiger charge is -2.30. The van der Waals surface area contributed by atoms with Crippen LogP contribution in [0.3, 0.4) is 0 Å². The summed E-state index contributed by atoms with van der Waals surface area (Å²) in [4.78, 5) is 37.9. The summed E-state index contributed by atoms with van der Waals surface area (Å²) in [5.41, 5.74) is 0.446. The van der Waals surface area contributed by atoms with E-state index < -0.39 is 12.0 Å². The maximum absolute atomic E-state index is 12.1. The molecule has 1 aromatic carbocycles. The van der Waals surface area contributed by atoms with Crippen molar-refractivity contribution in [3.63, 3.8) is 0 Å². The van der Waals surface area contributed by atoms with Crippen molar-refractivity contribution in [2.75, 3.05) is 19.7 Å². The molecule has 1 aliphatic rings. The SMILES string of the molecule is CC1CCN(C(=O)COC(=O)[C@H](C)NC(=O)c2ccc(Br)cc2)CC1. The number of rotatable bonds is 5. The van der Waals surface area contributed by atoms with E-state index in [1.54, 1.807) is 29.2 Å². The number of hydrogen-bond acceptors (Lipinski definition) is 4. The number of esters is 1. The average Bonchev–Trinajstić information content (AvgIpc) is 2.60. The number of nitrogens with zero attached hydrogens (tertiary/aromatic N) is 1. The van der Waals surface area contributed by atoms with Gasteiger partial charge >= 0.3 is 5.97 Å². The number of hydrogen-bond donors (Lipinski definition) is 1. The number of carbonyl (C=O) groups excluding carboxylic acids is 3. The second-order valence-corrected chi connectivity index (χ2v) is 7.29. The van der Waals surface area contributed by atoms with Gasteiger partial charge in [-0.05, 0) is 49.9 Å². The Morgan fingerprint density at radius 3 is 2.44 bits per heavy atom. The van der Waals surface area contributed by atoms with Crippen LogP contribution >= 0.6 is 15.9 Å². The molecule has 25 heavy (non-hydrogen) atoms. The monoisotopic (exact) mass is 410 g/mol. The van der Waals surface area contributed by atoms with Gasteiger partial charge in [0.2, 0.25) is 0 Å². The average molecular weight is 411 g/mol. The molecule has 6 nitrogen and oxygen atoms in total. The predicted molar refractivity (Wildman–Crippen MR) is 97.0 cm³/mol. The molecule has 0 spiro atoms. The van der Waals surface area contributed by atoms with Crippen LogP contribution in [0.5, 0.6) is 0 Å². The zero-order chi connectivity index (χ0) is 18.4. The van der Waals surface area contributed by atoms with Crippen molar-refractivity contribution in [1.82, 2.24) is 10.2 Å². The summed E-state index contributed by atoms with van der Waals surface area (Å²) in [7, 11) is 0. The Bertz CT molecular complexity index is 624. The molecule has 0 aliphatic carbocycles. The van der Waals surface area contributed by atoms with Gasteiger partial charge in [-0.2, -0.15) is 0 Å². The van der Waals surface area contributed by atoms with E-state index >= 15 is 0 Å². The van der Waals surface area contributed by atoms with Crippen LogP contribution in [0.4, 0.5) is 0 Å². The van der Waals surface area contributed by atoms with E-state index in [0.29, 0.717) is 24.6 Å². The van der Waals surface area contributed by atoms with Crippen LogP contribution in [0.15, 0.2) is 28.7 Å². The third kappa shape index (κ3) is 5.85. The maximum Gasteiger partial charge on any atom is 0.328 e. The standard InChI is InChI=1S/C18H23BrN2O4/c1-12-7-9-21(10-8-12)16(22)11-25-18(24)13(2)20-17(23)14-3-5-15(19)6-4-14/h3-6,12-13H,7-11H2,1-2H3,(H,20,23)/t13-/m0/s1. The van der Waals surface area contributed by atoms with Gasteiger partial charge in [-0.15, -0.1) is 0 Å². The lowest BCUT2D eigenvalue weighted by atomic mass is 9.99. The first-order chi connectivity index (χ1) is 11.9. The number of ether oxygens (including phenoxy) is 1. The molecule has 1 aromatic rings. The van der Waals surface area contributed by atoms with Crippen LogP contribution in [0.2, 0.25) is 0 Å². The summed E-state index contributed by atoms with van der Waals surface area (Å²) in [6.45, 7) is 4.82. The fourth-order valence-electron chi connectivity index (χ4n) is 2.55. The first-order valence-electron chi connectivity index (χ1n) is 8.37. The first-order valence-corrected chi connectivity index (χ1v) is 9.17. The summed E-state index contributed by atoms with van der Waals surface area (Å²) in [6, 6.07) is 5.97. The fraction of sp³-hybridized carbons (Fsp3) is 0.500. The second-order valence-electron chi connectivity index (χ2n) is 6.37. The zero-order valence-corrected chi connectivity index (χ0v) is 16.0. The first kappa shape index (κ1) is 19.4. The highest BCUT2D eigenvalue weighted by molar-refractivity contribution is 9.10. The van der Waals surface area contributed by atoms with Crippen molar-refractivity contribution in [3.8, 4) is 0 Å². The number of piperidine rings is 1. The molecular weight excluding hydrogens is 388 g/mol. The molecule has 136 valence electrons. The van der Waals surface area contributed by atoms with Crippen LogP contribution in [-0.4, -0.2) is 48.4 Å². The van der Waals surface area contributed by atoms with E-state index in [1.807, 2.05) is 0 Å². The van der Waals surface area contributed by atoms with Crippen LogP contribution in [0.25, 0.3) is 0 Å². The van der Waals surface area contributed by atoms with Crippen molar-refractivity contribution in [2.24, 2.45) is 5.92 Å². The smallest absolute Gasteiger partial charge is 0.328 e. The largest absolute Gasteiger partial charge is 0.454 e. The highest BCUT2D eigenvalue weighted by Gasteiger charge is 2.23. The van der Waals surface area contributed by atoms with Crippen molar-refractivity contribution < 1.29 is 19.1 Å². The molecule has 0 unspecified atom stereocenters. The van der Waals surface area contributed by atoms with Gasteiger partial charge in [0.05, 0.1) is 0 Å². The Kier molecular flexibility index (Phi) is 6.99. The van der Waals surface area contributed by atoms with Gasteiger partial charge in [0.15, 0.2) is 6.61 Å². The van der Waals surface area contributed by atoms with E-state index in [9.17, 15) is 14.4 Å². The molecule has 0 aromatic heterocycles. The predicted octanol–water partition coefficient (Wildman–Crippen LogP) is 2.37. The van der Waals surface area contributed by atoms with Crippen molar-refractivity contribution in [3.05, 3.63) is 34.3 Å². The zero-order valence-electron chi connectivity index (χ0n) is 14.5. The van der Waals surface area contributed by atoms with Gasteiger partial charge in [-0.3, -0.25) is 9.59 Å². The molecule has 0 radical (unpaired) electrons. The van der Waals surface area contributed by atoms with Gasteiger partial charge in [-0.25, -0.2) is 4.79 Å². The molecule has 1 saturated heterocycles.